The molecule has 0 unspecified atom stereocenters. The summed E-state index contributed by atoms with van der Waals surface area (Å²) in [7, 11) is 3.55. The maximum absolute atomic E-state index is 14.8. The SMILES string of the molecule is CN(C)Cc1c(-c2ccc([N+](=O)[O-])cc2)sc2c1c(=O)n(-c1ccc(OCC(N)=O)cn1)c(=O)n2Cc1c(F)cccc1F. The molecule has 0 saturated heterocycles. The number of primary amides is 1. The number of nitrogens with zero attached hydrogens (tertiary/aromatic N) is 5. The fourth-order valence-corrected chi connectivity index (χ4v) is 5.93. The minimum absolute atomic E-state index is 0.102. The van der Waals surface area contributed by atoms with Crippen molar-refractivity contribution in [1.82, 2.24) is 19.0 Å². The first-order valence-corrected chi connectivity index (χ1v) is 13.8. The summed E-state index contributed by atoms with van der Waals surface area (Å²) in [6.45, 7) is -0.737. The summed E-state index contributed by atoms with van der Waals surface area (Å²) in [5.74, 6) is -2.42. The van der Waals surface area contributed by atoms with Crippen LogP contribution in [0.2, 0.25) is 0 Å². The topological polar surface area (TPSA) is 156 Å². The Labute approximate surface area is 251 Å². The van der Waals surface area contributed by atoms with Crippen LogP contribution < -0.4 is 21.7 Å². The zero-order chi connectivity index (χ0) is 31.7. The van der Waals surface area contributed by atoms with Crippen LogP contribution in [0.15, 0.2) is 70.4 Å². The number of amides is 1. The van der Waals surface area contributed by atoms with Crippen LogP contribution in [0.4, 0.5) is 14.5 Å². The number of nitrogens with two attached hydrogens (primary N) is 1. The molecule has 0 radical (unpaired) electrons. The molecule has 0 spiro atoms. The Hall–Kier alpha value is -5.28. The van der Waals surface area contributed by atoms with E-state index in [2.05, 4.69) is 4.98 Å². The molecule has 5 aromatic rings. The van der Waals surface area contributed by atoms with Crippen LogP contribution in [0.1, 0.15) is 11.1 Å². The number of carbonyl (C=O) groups is 1. The Morgan fingerprint density at radius 3 is 2.32 bits per heavy atom. The second-order valence-electron chi connectivity index (χ2n) is 9.95. The first-order chi connectivity index (χ1) is 21.0. The maximum Gasteiger partial charge on any atom is 0.338 e. The average molecular weight is 623 g/mol. The molecule has 0 atom stereocenters. The van der Waals surface area contributed by atoms with Crippen molar-refractivity contribution < 1.29 is 23.2 Å². The molecule has 3 aromatic heterocycles. The first-order valence-electron chi connectivity index (χ1n) is 13.0. The molecule has 2 N–H and O–H groups in total. The van der Waals surface area contributed by atoms with Crippen LogP contribution >= 0.6 is 11.3 Å². The lowest BCUT2D eigenvalue weighted by atomic mass is 10.1. The van der Waals surface area contributed by atoms with Gasteiger partial charge in [-0.25, -0.2) is 23.1 Å². The second-order valence-corrected chi connectivity index (χ2v) is 10.9. The van der Waals surface area contributed by atoms with E-state index < -0.39 is 46.9 Å². The molecule has 0 aliphatic carbocycles. The molecule has 0 aliphatic heterocycles. The summed E-state index contributed by atoms with van der Waals surface area (Å²) in [5.41, 5.74) is 4.01. The summed E-state index contributed by atoms with van der Waals surface area (Å²) < 4.78 is 36.8. The number of halogens is 2. The third kappa shape index (κ3) is 5.82. The Morgan fingerprint density at radius 1 is 1.07 bits per heavy atom. The van der Waals surface area contributed by atoms with Crippen LogP contribution in [0.25, 0.3) is 26.5 Å². The van der Waals surface area contributed by atoms with Crippen molar-refractivity contribution in [3.63, 3.8) is 0 Å². The van der Waals surface area contributed by atoms with Crippen LogP contribution in [0.5, 0.6) is 5.75 Å². The van der Waals surface area contributed by atoms with Gasteiger partial charge in [0.25, 0.3) is 17.2 Å². The van der Waals surface area contributed by atoms with Gasteiger partial charge in [-0.3, -0.25) is 24.3 Å². The number of ether oxygens (including phenoxy) is 1. The third-order valence-electron chi connectivity index (χ3n) is 6.60. The minimum Gasteiger partial charge on any atom is -0.482 e. The molecule has 3 heterocycles. The van der Waals surface area contributed by atoms with E-state index in [1.807, 2.05) is 0 Å². The zero-order valence-corrected chi connectivity index (χ0v) is 24.1. The van der Waals surface area contributed by atoms with Crippen LogP contribution in [0, 0.1) is 21.7 Å². The number of benzene rings is 2. The fraction of sp³-hybridized carbons (Fsp3) is 0.172. The van der Waals surface area contributed by atoms with Gasteiger partial charge in [0.05, 0.1) is 23.1 Å². The number of hydrogen-bond acceptors (Lipinski definition) is 9. The fourth-order valence-electron chi connectivity index (χ4n) is 4.63. The second kappa shape index (κ2) is 12.1. The van der Waals surface area contributed by atoms with Crippen LogP contribution in [-0.4, -0.2) is 50.6 Å². The van der Waals surface area contributed by atoms with Crippen molar-refractivity contribution in [3.05, 3.63) is 115 Å². The molecule has 44 heavy (non-hydrogen) atoms. The molecule has 0 aliphatic rings. The molecule has 0 fully saturated rings. The molecule has 2 aromatic carbocycles. The number of fused-ring (bicyclic) bond motifs is 1. The highest BCUT2D eigenvalue weighted by atomic mass is 32.1. The van der Waals surface area contributed by atoms with Crippen molar-refractivity contribution in [1.29, 1.82) is 0 Å². The quantitative estimate of drug-likeness (QED) is 0.184. The Bertz CT molecular complexity index is 2000. The van der Waals surface area contributed by atoms with Gasteiger partial charge in [-0.15, -0.1) is 11.3 Å². The van der Waals surface area contributed by atoms with E-state index in [0.717, 1.165) is 32.6 Å². The van der Waals surface area contributed by atoms with Gasteiger partial charge < -0.3 is 15.4 Å². The van der Waals surface area contributed by atoms with Crippen molar-refractivity contribution in [3.8, 4) is 22.0 Å². The van der Waals surface area contributed by atoms with E-state index in [4.69, 9.17) is 10.5 Å². The van der Waals surface area contributed by atoms with E-state index >= 15 is 0 Å². The van der Waals surface area contributed by atoms with E-state index in [1.54, 1.807) is 19.0 Å². The number of hydrogen-bond donors (Lipinski definition) is 1. The summed E-state index contributed by atoms with van der Waals surface area (Å²) >= 11 is 1.06. The van der Waals surface area contributed by atoms with Crippen molar-refractivity contribution in [2.24, 2.45) is 5.73 Å². The number of thiophene rings is 1. The number of nitro benzene ring substituents is 1. The normalized spacial score (nSPS) is 11.3. The van der Waals surface area contributed by atoms with E-state index in [-0.39, 0.29) is 39.6 Å². The smallest absolute Gasteiger partial charge is 0.338 e. The molecule has 0 saturated carbocycles. The van der Waals surface area contributed by atoms with Crippen molar-refractivity contribution in [2.75, 3.05) is 20.7 Å². The molecule has 12 nitrogen and oxygen atoms in total. The summed E-state index contributed by atoms with van der Waals surface area (Å²) in [4.78, 5) is 56.6. The maximum atomic E-state index is 14.8. The number of nitro groups is 1. The lowest BCUT2D eigenvalue weighted by Crippen LogP contribution is -2.39. The van der Waals surface area contributed by atoms with Gasteiger partial charge in [-0.05, 0) is 61.6 Å². The van der Waals surface area contributed by atoms with Gasteiger partial charge in [-0.1, -0.05) is 6.07 Å². The van der Waals surface area contributed by atoms with Gasteiger partial charge in [-0.2, -0.15) is 0 Å². The average Bonchev–Trinajstić information content (AvgIpc) is 3.34. The number of carbonyl (C=O) groups excluding carboxylic acids is 1. The Morgan fingerprint density at radius 2 is 1.75 bits per heavy atom. The van der Waals surface area contributed by atoms with Gasteiger partial charge in [0, 0.05) is 29.1 Å². The molecule has 1 amide bonds. The van der Waals surface area contributed by atoms with Gasteiger partial charge in [0.2, 0.25) is 0 Å². The zero-order valence-electron chi connectivity index (χ0n) is 23.3. The molecule has 226 valence electrons. The van der Waals surface area contributed by atoms with Crippen molar-refractivity contribution in [2.45, 2.75) is 13.1 Å². The van der Waals surface area contributed by atoms with Crippen LogP contribution in [0.3, 0.4) is 0 Å². The molecule has 5 rings (SSSR count). The molecule has 15 heteroatoms. The number of rotatable bonds is 10. The standard InChI is InChI=1S/C29H24F2N6O6S/c1-34(2)13-20-25-27(39)36(24-11-10-18(12-33-24)43-15-23(32)38)29(40)35(14-19-21(30)4-3-5-22(19)31)28(25)44-26(20)16-6-8-17(9-7-16)37(41)42/h3-12H,13-15H2,1-2H3,(H2,32,38). The molecule has 0 bridgehead atoms. The van der Waals surface area contributed by atoms with E-state index in [0.29, 0.717) is 16.0 Å². The number of non-ortho nitro benzene ring substituents is 1. The van der Waals surface area contributed by atoms with Gasteiger partial charge >= 0.3 is 5.69 Å². The minimum atomic E-state index is -0.906. The highest BCUT2D eigenvalue weighted by molar-refractivity contribution is 7.22. The monoisotopic (exact) mass is 622 g/mol. The van der Waals surface area contributed by atoms with Crippen molar-refractivity contribution >= 4 is 33.1 Å². The summed E-state index contributed by atoms with van der Waals surface area (Å²) in [6.07, 6.45) is 1.20. The van der Waals surface area contributed by atoms with Gasteiger partial charge in [0.1, 0.15) is 28.0 Å². The summed E-state index contributed by atoms with van der Waals surface area (Å²) in [5, 5.41) is 11.4. The lowest BCUT2D eigenvalue weighted by molar-refractivity contribution is -0.384. The lowest BCUT2D eigenvalue weighted by Gasteiger charge is -2.14. The third-order valence-corrected chi connectivity index (χ3v) is 7.90. The van der Waals surface area contributed by atoms with Gasteiger partial charge in [0.15, 0.2) is 6.61 Å². The summed E-state index contributed by atoms with van der Waals surface area (Å²) in [6, 6.07) is 11.8. The highest BCUT2D eigenvalue weighted by Gasteiger charge is 2.26. The molecular weight excluding hydrogens is 598 g/mol. The largest absolute Gasteiger partial charge is 0.482 e. The predicted molar refractivity (Wildman–Crippen MR) is 159 cm³/mol. The van der Waals surface area contributed by atoms with E-state index in [1.165, 1.54) is 48.7 Å². The van der Waals surface area contributed by atoms with E-state index in [9.17, 15) is 33.3 Å². The first kappa shape index (κ1) is 30.2. The number of aromatic nitrogens is 3. The number of pyridine rings is 1. The molecular formula is C29H24F2N6O6S. The Balaban J connectivity index is 1.81. The Kier molecular flexibility index (Phi) is 8.33. The highest BCUT2D eigenvalue weighted by Crippen LogP contribution is 2.38. The predicted octanol–water partition coefficient (Wildman–Crippen LogP) is 3.44. The van der Waals surface area contributed by atoms with Crippen LogP contribution in [-0.2, 0) is 17.9 Å².